The number of nitrogens with zero attached hydrogens (tertiary/aromatic N) is 2. The molecule has 3 aromatic rings. The molecule has 0 amide bonds. The molecule has 0 aliphatic heterocycles. The predicted octanol–water partition coefficient (Wildman–Crippen LogP) is 2.68. The fraction of sp³-hybridized carbons (Fsp3) is 0.0667. The zero-order valence-electron chi connectivity index (χ0n) is 10.6. The Kier molecular flexibility index (Phi) is 3.16. The highest BCUT2D eigenvalue weighted by Gasteiger charge is 2.05. The van der Waals surface area contributed by atoms with E-state index >= 15 is 0 Å². The SMILES string of the molecule is Nc1cc(Cn2c(=O)cnc3ccccc32)ccc1Cl. The molecular weight excluding hydrogens is 274 g/mol. The molecule has 0 aliphatic rings. The maximum atomic E-state index is 12.0. The van der Waals surface area contributed by atoms with E-state index in [2.05, 4.69) is 4.98 Å². The van der Waals surface area contributed by atoms with Crippen LogP contribution in [0, 0.1) is 0 Å². The van der Waals surface area contributed by atoms with Gasteiger partial charge in [0.1, 0.15) is 0 Å². The Hall–Kier alpha value is -2.33. The van der Waals surface area contributed by atoms with Crippen molar-refractivity contribution in [2.45, 2.75) is 6.54 Å². The number of fused-ring (bicyclic) bond motifs is 1. The molecule has 100 valence electrons. The fourth-order valence-corrected chi connectivity index (χ4v) is 2.27. The molecule has 0 saturated carbocycles. The van der Waals surface area contributed by atoms with Crippen LogP contribution in [0.3, 0.4) is 0 Å². The minimum Gasteiger partial charge on any atom is -0.398 e. The average molecular weight is 286 g/mol. The van der Waals surface area contributed by atoms with Gasteiger partial charge in [-0.2, -0.15) is 0 Å². The largest absolute Gasteiger partial charge is 0.398 e. The van der Waals surface area contributed by atoms with Crippen LogP contribution in [0.5, 0.6) is 0 Å². The Morgan fingerprint density at radius 2 is 2.00 bits per heavy atom. The van der Waals surface area contributed by atoms with Gasteiger partial charge >= 0.3 is 0 Å². The molecule has 3 rings (SSSR count). The molecule has 0 radical (unpaired) electrons. The first-order chi connectivity index (χ1) is 9.65. The summed E-state index contributed by atoms with van der Waals surface area (Å²) in [4.78, 5) is 16.2. The molecule has 5 heteroatoms. The van der Waals surface area contributed by atoms with E-state index in [1.165, 1.54) is 6.20 Å². The molecule has 0 fully saturated rings. The maximum Gasteiger partial charge on any atom is 0.269 e. The number of nitrogen functional groups attached to an aromatic ring is 1. The second-order valence-electron chi connectivity index (χ2n) is 4.53. The topological polar surface area (TPSA) is 60.9 Å². The molecule has 4 nitrogen and oxygen atoms in total. The van der Waals surface area contributed by atoms with E-state index in [0.717, 1.165) is 16.6 Å². The van der Waals surface area contributed by atoms with Crippen LogP contribution in [0.15, 0.2) is 53.5 Å². The summed E-state index contributed by atoms with van der Waals surface area (Å²) in [5, 5.41) is 0.515. The van der Waals surface area contributed by atoms with E-state index < -0.39 is 0 Å². The highest BCUT2D eigenvalue weighted by molar-refractivity contribution is 6.33. The van der Waals surface area contributed by atoms with Gasteiger partial charge in [0.2, 0.25) is 0 Å². The number of aromatic nitrogens is 2. The number of para-hydroxylation sites is 2. The summed E-state index contributed by atoms with van der Waals surface area (Å²) < 4.78 is 1.67. The van der Waals surface area contributed by atoms with Gasteiger partial charge in [0.25, 0.3) is 5.56 Å². The Labute approximate surface area is 120 Å². The number of hydrogen-bond acceptors (Lipinski definition) is 3. The smallest absolute Gasteiger partial charge is 0.269 e. The summed E-state index contributed by atoms with van der Waals surface area (Å²) in [5.41, 5.74) is 8.67. The standard InChI is InChI=1S/C15H12ClN3O/c16-11-6-5-10(7-12(11)17)9-19-14-4-2-1-3-13(14)18-8-15(19)20/h1-8H,9,17H2. The zero-order chi connectivity index (χ0) is 14.1. The number of rotatable bonds is 2. The van der Waals surface area contributed by atoms with Crippen molar-refractivity contribution in [3.8, 4) is 0 Å². The number of anilines is 1. The van der Waals surface area contributed by atoms with E-state index in [-0.39, 0.29) is 5.56 Å². The molecule has 2 aromatic carbocycles. The molecule has 0 aliphatic carbocycles. The molecule has 1 aromatic heterocycles. The Morgan fingerprint density at radius 1 is 1.20 bits per heavy atom. The summed E-state index contributed by atoms with van der Waals surface area (Å²) in [6, 6.07) is 12.9. The molecule has 0 saturated heterocycles. The lowest BCUT2D eigenvalue weighted by molar-refractivity contribution is 0.787. The van der Waals surface area contributed by atoms with Crippen LogP contribution in [0.4, 0.5) is 5.69 Å². The minimum absolute atomic E-state index is 0.141. The van der Waals surface area contributed by atoms with Crippen molar-refractivity contribution in [2.24, 2.45) is 0 Å². The van der Waals surface area contributed by atoms with E-state index in [1.807, 2.05) is 30.3 Å². The minimum atomic E-state index is -0.141. The zero-order valence-corrected chi connectivity index (χ0v) is 11.3. The molecule has 0 spiro atoms. The molecule has 20 heavy (non-hydrogen) atoms. The summed E-state index contributed by atoms with van der Waals surface area (Å²) in [6.07, 6.45) is 1.33. The number of benzene rings is 2. The van der Waals surface area contributed by atoms with Gasteiger partial charge in [-0.25, -0.2) is 4.98 Å². The van der Waals surface area contributed by atoms with Crippen molar-refractivity contribution >= 4 is 28.3 Å². The van der Waals surface area contributed by atoms with Crippen LogP contribution < -0.4 is 11.3 Å². The Balaban J connectivity index is 2.12. The maximum absolute atomic E-state index is 12.0. The number of hydrogen-bond donors (Lipinski definition) is 1. The molecule has 1 heterocycles. The van der Waals surface area contributed by atoms with Gasteiger partial charge in [0.15, 0.2) is 0 Å². The van der Waals surface area contributed by atoms with Crippen LogP contribution in [0.2, 0.25) is 5.02 Å². The summed E-state index contributed by atoms with van der Waals surface area (Å²) in [7, 11) is 0. The average Bonchev–Trinajstić information content (AvgIpc) is 2.46. The van der Waals surface area contributed by atoms with Crippen molar-refractivity contribution in [2.75, 3.05) is 5.73 Å². The highest BCUT2D eigenvalue weighted by Crippen LogP contribution is 2.20. The van der Waals surface area contributed by atoms with Gasteiger partial charge in [0.05, 0.1) is 34.5 Å². The number of nitrogens with two attached hydrogens (primary N) is 1. The van der Waals surface area contributed by atoms with E-state index in [4.69, 9.17) is 17.3 Å². The molecule has 0 atom stereocenters. The van der Waals surface area contributed by atoms with Crippen molar-refractivity contribution < 1.29 is 0 Å². The van der Waals surface area contributed by atoms with Gasteiger partial charge in [-0.3, -0.25) is 4.79 Å². The third kappa shape index (κ3) is 2.26. The highest BCUT2D eigenvalue weighted by atomic mass is 35.5. The normalized spacial score (nSPS) is 10.8. The Bertz CT molecular complexity index is 842. The first kappa shape index (κ1) is 12.7. The lowest BCUT2D eigenvalue weighted by atomic mass is 10.2. The third-order valence-electron chi connectivity index (χ3n) is 3.15. The van der Waals surface area contributed by atoms with Crippen molar-refractivity contribution in [1.82, 2.24) is 9.55 Å². The predicted molar refractivity (Wildman–Crippen MR) is 81.0 cm³/mol. The van der Waals surface area contributed by atoms with Gasteiger partial charge in [0, 0.05) is 0 Å². The van der Waals surface area contributed by atoms with Crippen LogP contribution in [-0.4, -0.2) is 9.55 Å². The van der Waals surface area contributed by atoms with Crippen LogP contribution in [0.1, 0.15) is 5.56 Å². The van der Waals surface area contributed by atoms with Crippen molar-refractivity contribution in [3.05, 3.63) is 69.6 Å². The van der Waals surface area contributed by atoms with Gasteiger partial charge < -0.3 is 10.3 Å². The lowest BCUT2D eigenvalue weighted by Gasteiger charge is -2.10. The molecule has 2 N–H and O–H groups in total. The molecule has 0 unspecified atom stereocenters. The number of halogens is 1. The van der Waals surface area contributed by atoms with Gasteiger partial charge in [-0.1, -0.05) is 29.8 Å². The van der Waals surface area contributed by atoms with E-state index in [9.17, 15) is 4.79 Å². The first-order valence-electron chi connectivity index (χ1n) is 6.13. The summed E-state index contributed by atoms with van der Waals surface area (Å²) >= 11 is 5.91. The first-order valence-corrected chi connectivity index (χ1v) is 6.51. The summed E-state index contributed by atoms with van der Waals surface area (Å²) in [6.45, 7) is 0.434. The van der Waals surface area contributed by atoms with Crippen molar-refractivity contribution in [1.29, 1.82) is 0 Å². The summed E-state index contributed by atoms with van der Waals surface area (Å²) in [5.74, 6) is 0. The monoisotopic (exact) mass is 285 g/mol. The molecular formula is C15H12ClN3O. The van der Waals surface area contributed by atoms with Gasteiger partial charge in [-0.05, 0) is 29.8 Å². The van der Waals surface area contributed by atoms with E-state index in [0.29, 0.717) is 17.3 Å². The molecule has 0 bridgehead atoms. The Morgan fingerprint density at radius 3 is 2.80 bits per heavy atom. The van der Waals surface area contributed by atoms with Crippen LogP contribution in [0.25, 0.3) is 11.0 Å². The van der Waals surface area contributed by atoms with Crippen molar-refractivity contribution in [3.63, 3.8) is 0 Å². The van der Waals surface area contributed by atoms with Crippen LogP contribution in [-0.2, 0) is 6.54 Å². The van der Waals surface area contributed by atoms with E-state index in [1.54, 1.807) is 16.7 Å². The second kappa shape index (κ2) is 4.98. The quantitative estimate of drug-likeness (QED) is 0.737. The van der Waals surface area contributed by atoms with Crippen LogP contribution >= 0.6 is 11.6 Å². The second-order valence-corrected chi connectivity index (χ2v) is 4.93. The van der Waals surface area contributed by atoms with Gasteiger partial charge in [-0.15, -0.1) is 0 Å². The lowest BCUT2D eigenvalue weighted by Crippen LogP contribution is -2.21. The third-order valence-corrected chi connectivity index (χ3v) is 3.50. The fourth-order valence-electron chi connectivity index (χ4n) is 2.15.